The van der Waals surface area contributed by atoms with Crippen LogP contribution in [0.15, 0.2) is 0 Å². The molecule has 2 aliphatic rings. The quantitative estimate of drug-likeness (QED) is 0.676. The number of aliphatic hydroxyl groups is 1. The predicted molar refractivity (Wildman–Crippen MR) is 71.1 cm³/mol. The Morgan fingerprint density at radius 3 is 2.47 bits per heavy atom. The second-order valence-electron chi connectivity index (χ2n) is 6.45. The van der Waals surface area contributed by atoms with Crippen molar-refractivity contribution in [2.45, 2.75) is 63.6 Å². The van der Waals surface area contributed by atoms with E-state index in [0.29, 0.717) is 12.1 Å². The highest BCUT2D eigenvalue weighted by molar-refractivity contribution is 4.93. The number of hydrogen-bond donors (Lipinski definition) is 2. The summed E-state index contributed by atoms with van der Waals surface area (Å²) in [6, 6.07) is 1.37. The van der Waals surface area contributed by atoms with Crippen molar-refractivity contribution in [3.8, 4) is 0 Å². The van der Waals surface area contributed by atoms with Gasteiger partial charge in [0.25, 0.3) is 0 Å². The van der Waals surface area contributed by atoms with E-state index in [1.807, 2.05) is 0 Å². The first-order chi connectivity index (χ1) is 8.04. The molecule has 0 amide bonds. The lowest BCUT2D eigenvalue weighted by Crippen LogP contribution is -2.49. The van der Waals surface area contributed by atoms with Gasteiger partial charge in [-0.2, -0.15) is 0 Å². The fourth-order valence-electron chi connectivity index (χ4n) is 2.48. The largest absolute Gasteiger partial charge is 0.394 e. The summed E-state index contributed by atoms with van der Waals surface area (Å²) in [5.41, 5.74) is -0.0846. The summed E-state index contributed by atoms with van der Waals surface area (Å²) in [5.74, 6) is 0.928. The molecule has 2 unspecified atom stereocenters. The standard InChI is InChI=1S/C14H28N2O/c1-11(12-4-5-12)16(3)9-8-14(2,10-17)15-13-6-7-13/h11-13,15,17H,4-10H2,1-3H3. The third-order valence-corrected chi connectivity index (χ3v) is 4.49. The van der Waals surface area contributed by atoms with E-state index < -0.39 is 0 Å². The van der Waals surface area contributed by atoms with Gasteiger partial charge in [-0.25, -0.2) is 0 Å². The molecule has 0 saturated heterocycles. The van der Waals surface area contributed by atoms with E-state index in [4.69, 9.17) is 0 Å². The fraction of sp³-hybridized carbons (Fsp3) is 1.00. The van der Waals surface area contributed by atoms with Crippen LogP contribution in [0.25, 0.3) is 0 Å². The molecular formula is C14H28N2O. The SMILES string of the molecule is CC(C1CC1)N(C)CCC(C)(CO)NC1CC1. The molecule has 2 aliphatic carbocycles. The number of nitrogens with zero attached hydrogens (tertiary/aromatic N) is 1. The van der Waals surface area contributed by atoms with Crippen molar-refractivity contribution in [2.24, 2.45) is 5.92 Å². The van der Waals surface area contributed by atoms with Crippen LogP contribution in [0.5, 0.6) is 0 Å². The van der Waals surface area contributed by atoms with Crippen LogP contribution >= 0.6 is 0 Å². The molecule has 0 aromatic rings. The molecule has 2 N–H and O–H groups in total. The van der Waals surface area contributed by atoms with E-state index in [1.54, 1.807) is 0 Å². The summed E-state index contributed by atoms with van der Waals surface area (Å²) in [7, 11) is 2.22. The van der Waals surface area contributed by atoms with Gasteiger partial charge < -0.3 is 15.3 Å². The maximum atomic E-state index is 9.55. The average molecular weight is 240 g/mol. The van der Waals surface area contributed by atoms with Crippen molar-refractivity contribution in [2.75, 3.05) is 20.2 Å². The summed E-state index contributed by atoms with van der Waals surface area (Å²) < 4.78 is 0. The topological polar surface area (TPSA) is 35.5 Å². The van der Waals surface area contributed by atoms with Crippen molar-refractivity contribution in [3.05, 3.63) is 0 Å². The van der Waals surface area contributed by atoms with E-state index in [1.165, 1.54) is 25.7 Å². The average Bonchev–Trinajstić information content (AvgIpc) is 3.16. The number of aliphatic hydroxyl groups excluding tert-OH is 1. The molecule has 17 heavy (non-hydrogen) atoms. The van der Waals surface area contributed by atoms with Crippen molar-refractivity contribution >= 4 is 0 Å². The van der Waals surface area contributed by atoms with Crippen LogP contribution < -0.4 is 5.32 Å². The minimum Gasteiger partial charge on any atom is -0.394 e. The molecule has 3 nitrogen and oxygen atoms in total. The Kier molecular flexibility index (Phi) is 4.11. The van der Waals surface area contributed by atoms with E-state index in [9.17, 15) is 5.11 Å². The second kappa shape index (κ2) is 5.25. The van der Waals surface area contributed by atoms with Crippen LogP contribution in [-0.2, 0) is 0 Å². The smallest absolute Gasteiger partial charge is 0.0611 e. The van der Waals surface area contributed by atoms with Gasteiger partial charge in [0.2, 0.25) is 0 Å². The van der Waals surface area contributed by atoms with Crippen molar-refractivity contribution in [3.63, 3.8) is 0 Å². The van der Waals surface area contributed by atoms with E-state index in [-0.39, 0.29) is 12.1 Å². The van der Waals surface area contributed by atoms with Gasteiger partial charge in [0.05, 0.1) is 6.61 Å². The molecule has 0 heterocycles. The third-order valence-electron chi connectivity index (χ3n) is 4.49. The Morgan fingerprint density at radius 1 is 1.35 bits per heavy atom. The molecule has 2 rings (SSSR count). The highest BCUT2D eigenvalue weighted by Crippen LogP contribution is 2.35. The van der Waals surface area contributed by atoms with Gasteiger partial charge in [-0.3, -0.25) is 0 Å². The first-order valence-corrected chi connectivity index (χ1v) is 7.13. The first-order valence-electron chi connectivity index (χ1n) is 7.13. The highest BCUT2D eigenvalue weighted by Gasteiger charge is 2.34. The van der Waals surface area contributed by atoms with Gasteiger partial charge in [-0.15, -0.1) is 0 Å². The van der Waals surface area contributed by atoms with Gasteiger partial charge in [-0.05, 0) is 65.5 Å². The molecule has 0 aromatic heterocycles. The zero-order valence-electron chi connectivity index (χ0n) is 11.6. The molecule has 0 aliphatic heterocycles. The van der Waals surface area contributed by atoms with E-state index >= 15 is 0 Å². The molecule has 0 aromatic carbocycles. The summed E-state index contributed by atoms with van der Waals surface area (Å²) >= 11 is 0. The molecule has 2 saturated carbocycles. The Bertz CT molecular complexity index is 251. The Morgan fingerprint density at radius 2 is 2.00 bits per heavy atom. The maximum Gasteiger partial charge on any atom is 0.0611 e. The van der Waals surface area contributed by atoms with Crippen LogP contribution in [0.3, 0.4) is 0 Å². The minimum atomic E-state index is -0.0846. The maximum absolute atomic E-state index is 9.55. The molecule has 100 valence electrons. The Labute approximate surface area is 106 Å². The van der Waals surface area contributed by atoms with E-state index in [0.717, 1.165) is 18.9 Å². The van der Waals surface area contributed by atoms with E-state index in [2.05, 4.69) is 31.1 Å². The van der Waals surface area contributed by atoms with Crippen LogP contribution in [0.4, 0.5) is 0 Å². The lowest BCUT2D eigenvalue weighted by Gasteiger charge is -2.33. The molecule has 0 radical (unpaired) electrons. The summed E-state index contributed by atoms with van der Waals surface area (Å²) in [6.07, 6.45) is 6.41. The summed E-state index contributed by atoms with van der Waals surface area (Å²) in [5, 5.41) is 13.1. The Hall–Kier alpha value is -0.120. The van der Waals surface area contributed by atoms with Crippen molar-refractivity contribution in [1.82, 2.24) is 10.2 Å². The van der Waals surface area contributed by atoms with Gasteiger partial charge >= 0.3 is 0 Å². The lowest BCUT2D eigenvalue weighted by atomic mass is 9.98. The molecule has 3 heteroatoms. The van der Waals surface area contributed by atoms with Gasteiger partial charge in [0.1, 0.15) is 0 Å². The van der Waals surface area contributed by atoms with Crippen LogP contribution in [0.2, 0.25) is 0 Å². The normalized spacial score (nSPS) is 25.9. The van der Waals surface area contributed by atoms with Crippen LogP contribution in [-0.4, -0.2) is 47.8 Å². The molecule has 0 bridgehead atoms. The second-order valence-corrected chi connectivity index (χ2v) is 6.45. The minimum absolute atomic E-state index is 0.0846. The van der Waals surface area contributed by atoms with Gasteiger partial charge in [0.15, 0.2) is 0 Å². The zero-order chi connectivity index (χ0) is 12.5. The lowest BCUT2D eigenvalue weighted by molar-refractivity contribution is 0.137. The number of hydrogen-bond acceptors (Lipinski definition) is 3. The summed E-state index contributed by atoms with van der Waals surface area (Å²) in [6.45, 7) is 5.81. The van der Waals surface area contributed by atoms with Gasteiger partial charge in [0, 0.05) is 17.6 Å². The Balaban J connectivity index is 1.73. The van der Waals surface area contributed by atoms with Crippen LogP contribution in [0, 0.1) is 5.92 Å². The van der Waals surface area contributed by atoms with Crippen molar-refractivity contribution in [1.29, 1.82) is 0 Å². The highest BCUT2D eigenvalue weighted by atomic mass is 16.3. The van der Waals surface area contributed by atoms with Gasteiger partial charge in [-0.1, -0.05) is 0 Å². The molecular weight excluding hydrogens is 212 g/mol. The zero-order valence-corrected chi connectivity index (χ0v) is 11.6. The van der Waals surface area contributed by atoms with Crippen molar-refractivity contribution < 1.29 is 5.11 Å². The van der Waals surface area contributed by atoms with Crippen LogP contribution in [0.1, 0.15) is 46.0 Å². The molecule has 2 fully saturated rings. The molecule has 0 spiro atoms. The number of rotatable bonds is 8. The third kappa shape index (κ3) is 3.94. The fourth-order valence-corrected chi connectivity index (χ4v) is 2.48. The number of nitrogens with one attached hydrogen (secondary N) is 1. The first kappa shape index (κ1) is 13.3. The molecule has 2 atom stereocenters. The predicted octanol–water partition coefficient (Wildman–Crippen LogP) is 1.61. The monoisotopic (exact) mass is 240 g/mol. The summed E-state index contributed by atoms with van der Waals surface area (Å²) in [4.78, 5) is 2.46.